The van der Waals surface area contributed by atoms with E-state index in [0.717, 1.165) is 17.1 Å². The van der Waals surface area contributed by atoms with Crippen LogP contribution in [0.3, 0.4) is 0 Å². The quantitative estimate of drug-likeness (QED) is 0.828. The minimum atomic E-state index is -0.325. The van der Waals surface area contributed by atoms with E-state index in [1.54, 1.807) is 19.1 Å². The van der Waals surface area contributed by atoms with E-state index in [1.165, 1.54) is 6.92 Å². The number of amides is 1. The van der Waals surface area contributed by atoms with Crippen LogP contribution in [-0.4, -0.2) is 18.5 Å². The van der Waals surface area contributed by atoms with Crippen LogP contribution in [-0.2, 0) is 9.53 Å². The van der Waals surface area contributed by atoms with Crippen molar-refractivity contribution in [3.63, 3.8) is 0 Å². The maximum absolute atomic E-state index is 11.6. The van der Waals surface area contributed by atoms with E-state index in [0.29, 0.717) is 12.2 Å². The molecule has 0 aliphatic heterocycles. The van der Waals surface area contributed by atoms with Crippen molar-refractivity contribution in [3.05, 3.63) is 54.1 Å². The smallest absolute Gasteiger partial charge is 0.338 e. The summed E-state index contributed by atoms with van der Waals surface area (Å²) in [4.78, 5) is 22.5. The molecule has 2 N–H and O–H groups in total. The second kappa shape index (κ2) is 7.26. The summed E-state index contributed by atoms with van der Waals surface area (Å²) < 4.78 is 4.94. The Labute approximate surface area is 129 Å². The molecule has 2 aromatic carbocycles. The van der Waals surface area contributed by atoms with E-state index in [1.807, 2.05) is 36.4 Å². The zero-order chi connectivity index (χ0) is 15.9. The van der Waals surface area contributed by atoms with Gasteiger partial charge in [0.05, 0.1) is 12.2 Å². The molecule has 0 atom stereocenters. The summed E-state index contributed by atoms with van der Waals surface area (Å²) in [6, 6.07) is 14.4. The Bertz CT molecular complexity index is 649. The lowest BCUT2D eigenvalue weighted by Gasteiger charge is -2.08. The van der Waals surface area contributed by atoms with Crippen molar-refractivity contribution >= 4 is 28.9 Å². The van der Waals surface area contributed by atoms with E-state index in [9.17, 15) is 9.59 Å². The van der Waals surface area contributed by atoms with Gasteiger partial charge < -0.3 is 15.4 Å². The second-order valence-electron chi connectivity index (χ2n) is 4.68. The third-order valence-electron chi connectivity index (χ3n) is 2.89. The molecule has 22 heavy (non-hydrogen) atoms. The van der Waals surface area contributed by atoms with Crippen LogP contribution in [0, 0.1) is 0 Å². The summed E-state index contributed by atoms with van der Waals surface area (Å²) >= 11 is 0. The molecule has 5 nitrogen and oxygen atoms in total. The van der Waals surface area contributed by atoms with Gasteiger partial charge in [-0.3, -0.25) is 4.79 Å². The first-order chi connectivity index (χ1) is 10.6. The van der Waals surface area contributed by atoms with Crippen molar-refractivity contribution in [3.8, 4) is 0 Å². The number of hydrogen-bond donors (Lipinski definition) is 2. The molecule has 0 aliphatic rings. The Balaban J connectivity index is 2.01. The van der Waals surface area contributed by atoms with Crippen molar-refractivity contribution < 1.29 is 14.3 Å². The van der Waals surface area contributed by atoms with Crippen molar-refractivity contribution in [1.82, 2.24) is 0 Å². The normalized spacial score (nSPS) is 9.91. The number of hydrogen-bond acceptors (Lipinski definition) is 4. The van der Waals surface area contributed by atoms with Gasteiger partial charge in [-0.05, 0) is 55.5 Å². The molecular weight excluding hydrogens is 280 g/mol. The number of carbonyl (C=O) groups excluding carboxylic acids is 2. The van der Waals surface area contributed by atoms with E-state index < -0.39 is 0 Å². The fraction of sp³-hybridized carbons (Fsp3) is 0.176. The molecule has 0 saturated carbocycles. The lowest BCUT2D eigenvalue weighted by atomic mass is 10.2. The highest BCUT2D eigenvalue weighted by atomic mass is 16.5. The topological polar surface area (TPSA) is 67.4 Å². The van der Waals surface area contributed by atoms with Gasteiger partial charge in [-0.25, -0.2) is 4.79 Å². The van der Waals surface area contributed by atoms with Gasteiger partial charge in [0.15, 0.2) is 0 Å². The minimum absolute atomic E-state index is 0.102. The molecule has 0 radical (unpaired) electrons. The second-order valence-corrected chi connectivity index (χ2v) is 4.68. The highest BCUT2D eigenvalue weighted by Gasteiger charge is 2.05. The number of anilines is 3. The Hall–Kier alpha value is -2.82. The molecule has 0 unspecified atom stereocenters. The third-order valence-corrected chi connectivity index (χ3v) is 2.89. The van der Waals surface area contributed by atoms with Crippen molar-refractivity contribution in [2.45, 2.75) is 13.8 Å². The van der Waals surface area contributed by atoms with Crippen molar-refractivity contribution in [1.29, 1.82) is 0 Å². The molecule has 0 heterocycles. The van der Waals surface area contributed by atoms with Crippen LogP contribution in [0.1, 0.15) is 24.2 Å². The highest BCUT2D eigenvalue weighted by Crippen LogP contribution is 2.19. The van der Waals surface area contributed by atoms with Crippen molar-refractivity contribution in [2.75, 3.05) is 17.2 Å². The van der Waals surface area contributed by atoms with Gasteiger partial charge in [0.1, 0.15) is 0 Å². The number of ether oxygens (including phenoxy) is 1. The third kappa shape index (κ3) is 4.34. The number of esters is 1. The van der Waals surface area contributed by atoms with Crippen LogP contribution in [0.2, 0.25) is 0 Å². The minimum Gasteiger partial charge on any atom is -0.462 e. The van der Waals surface area contributed by atoms with E-state index >= 15 is 0 Å². The largest absolute Gasteiger partial charge is 0.462 e. The molecule has 0 saturated heterocycles. The Kier molecular flexibility index (Phi) is 5.14. The Morgan fingerprint density at radius 1 is 0.909 bits per heavy atom. The van der Waals surface area contributed by atoms with Crippen LogP contribution in [0.5, 0.6) is 0 Å². The summed E-state index contributed by atoms with van der Waals surface area (Å²) in [5.74, 6) is -0.427. The fourth-order valence-electron chi connectivity index (χ4n) is 1.91. The standard InChI is InChI=1S/C17H18N2O3/c1-3-22-17(21)13-4-6-15(7-5-13)19-16-10-8-14(9-11-16)18-12(2)20/h4-11,19H,3H2,1-2H3,(H,18,20). The van der Waals surface area contributed by atoms with Crippen LogP contribution in [0.15, 0.2) is 48.5 Å². The molecular formula is C17H18N2O3. The summed E-state index contributed by atoms with van der Waals surface area (Å²) in [6.45, 7) is 3.61. The molecule has 0 fully saturated rings. The van der Waals surface area contributed by atoms with Crippen LogP contribution in [0.4, 0.5) is 17.1 Å². The van der Waals surface area contributed by atoms with Crippen LogP contribution >= 0.6 is 0 Å². The fourth-order valence-corrected chi connectivity index (χ4v) is 1.91. The Morgan fingerprint density at radius 3 is 1.91 bits per heavy atom. The number of rotatable bonds is 5. The molecule has 0 bridgehead atoms. The van der Waals surface area contributed by atoms with Gasteiger partial charge in [0, 0.05) is 24.0 Å². The highest BCUT2D eigenvalue weighted by molar-refractivity contribution is 5.90. The lowest BCUT2D eigenvalue weighted by molar-refractivity contribution is -0.114. The average Bonchev–Trinajstić information content (AvgIpc) is 2.50. The summed E-state index contributed by atoms with van der Waals surface area (Å²) in [5, 5.41) is 5.93. The number of carbonyl (C=O) groups is 2. The molecule has 1 amide bonds. The summed E-state index contributed by atoms with van der Waals surface area (Å²) in [6.07, 6.45) is 0. The first-order valence-corrected chi connectivity index (χ1v) is 7.00. The predicted molar refractivity (Wildman–Crippen MR) is 86.4 cm³/mol. The SMILES string of the molecule is CCOC(=O)c1ccc(Nc2ccc(NC(C)=O)cc2)cc1. The average molecular weight is 298 g/mol. The first-order valence-electron chi connectivity index (χ1n) is 7.00. The first kappa shape index (κ1) is 15.6. The molecule has 0 aromatic heterocycles. The van der Waals surface area contributed by atoms with Crippen molar-refractivity contribution in [2.24, 2.45) is 0 Å². The van der Waals surface area contributed by atoms with Gasteiger partial charge >= 0.3 is 5.97 Å². The Morgan fingerprint density at radius 2 is 1.41 bits per heavy atom. The number of benzene rings is 2. The maximum Gasteiger partial charge on any atom is 0.338 e. The van der Waals surface area contributed by atoms with Gasteiger partial charge in [-0.15, -0.1) is 0 Å². The molecule has 2 aromatic rings. The van der Waals surface area contributed by atoms with Gasteiger partial charge in [-0.2, -0.15) is 0 Å². The van der Waals surface area contributed by atoms with Gasteiger partial charge in [-0.1, -0.05) is 0 Å². The molecule has 0 aliphatic carbocycles. The molecule has 5 heteroatoms. The van der Waals surface area contributed by atoms with E-state index in [2.05, 4.69) is 10.6 Å². The molecule has 0 spiro atoms. The zero-order valence-electron chi connectivity index (χ0n) is 12.6. The van der Waals surface area contributed by atoms with E-state index in [-0.39, 0.29) is 11.9 Å². The summed E-state index contributed by atoms with van der Waals surface area (Å²) in [5.41, 5.74) is 3.02. The monoisotopic (exact) mass is 298 g/mol. The summed E-state index contributed by atoms with van der Waals surface area (Å²) in [7, 11) is 0. The number of nitrogens with one attached hydrogen (secondary N) is 2. The predicted octanol–water partition coefficient (Wildman–Crippen LogP) is 3.57. The van der Waals surface area contributed by atoms with Gasteiger partial charge in [0.2, 0.25) is 5.91 Å². The van der Waals surface area contributed by atoms with Crippen LogP contribution < -0.4 is 10.6 Å². The van der Waals surface area contributed by atoms with Crippen LogP contribution in [0.25, 0.3) is 0 Å². The molecule has 2 rings (SSSR count). The van der Waals surface area contributed by atoms with Gasteiger partial charge in [0.25, 0.3) is 0 Å². The lowest BCUT2D eigenvalue weighted by Crippen LogP contribution is -2.05. The van der Waals surface area contributed by atoms with E-state index in [4.69, 9.17) is 4.74 Å². The molecule has 114 valence electrons. The zero-order valence-corrected chi connectivity index (χ0v) is 12.6. The maximum atomic E-state index is 11.6.